The monoisotopic (exact) mass is 418 g/mol. The highest BCUT2D eigenvalue weighted by Gasteiger charge is 2.15. The number of nitrogens with zero attached hydrogens (tertiary/aromatic N) is 2. The summed E-state index contributed by atoms with van der Waals surface area (Å²) in [4.78, 5) is 17.7. The summed E-state index contributed by atoms with van der Waals surface area (Å²) < 4.78 is 1.68. The van der Waals surface area contributed by atoms with Gasteiger partial charge in [0.05, 0.1) is 11.0 Å². The Morgan fingerprint density at radius 1 is 1.03 bits per heavy atom. The molecule has 0 fully saturated rings. The molecule has 1 aromatic heterocycles. The number of para-hydroxylation sites is 2. The molecule has 0 N–H and O–H groups in total. The fraction of sp³-hybridized carbons (Fsp3) is 0.0833. The molecule has 0 bridgehead atoms. The largest absolute Gasteiger partial charge is 0.269 e. The molecule has 4 aromatic rings. The van der Waals surface area contributed by atoms with E-state index in [0.29, 0.717) is 10.2 Å². The lowest BCUT2D eigenvalue weighted by molar-refractivity contribution is 0.0965. The summed E-state index contributed by atoms with van der Waals surface area (Å²) in [5, 5.41) is 1.36. The zero-order valence-corrected chi connectivity index (χ0v) is 17.5. The SMILES string of the molecule is Cc1ccc(CSc2nc3ccccc3n2C(=O)/C=C/c2ccc(Cl)cc2)cc1. The fourth-order valence-electron chi connectivity index (χ4n) is 2.96. The Hall–Kier alpha value is -2.82. The van der Waals surface area contributed by atoms with Crippen LogP contribution < -0.4 is 0 Å². The lowest BCUT2D eigenvalue weighted by atomic mass is 10.2. The van der Waals surface area contributed by atoms with Crippen LogP contribution >= 0.6 is 23.4 Å². The molecule has 0 aliphatic rings. The summed E-state index contributed by atoms with van der Waals surface area (Å²) in [7, 11) is 0. The third kappa shape index (κ3) is 4.61. The normalized spacial score (nSPS) is 11.4. The molecule has 3 aromatic carbocycles. The van der Waals surface area contributed by atoms with Gasteiger partial charge in [-0.1, -0.05) is 77.5 Å². The minimum absolute atomic E-state index is 0.125. The van der Waals surface area contributed by atoms with Gasteiger partial charge in [0.25, 0.3) is 5.91 Å². The van der Waals surface area contributed by atoms with Crippen LogP contribution in [0, 0.1) is 6.92 Å². The van der Waals surface area contributed by atoms with Gasteiger partial charge in [0.2, 0.25) is 0 Å². The van der Waals surface area contributed by atoms with Gasteiger partial charge < -0.3 is 0 Å². The maximum atomic E-state index is 13.0. The van der Waals surface area contributed by atoms with Crippen molar-refractivity contribution < 1.29 is 4.79 Å². The second-order valence-electron chi connectivity index (χ2n) is 6.72. The molecular formula is C24H19ClN2OS. The molecule has 0 spiro atoms. The third-order valence-electron chi connectivity index (χ3n) is 4.53. The quantitative estimate of drug-likeness (QED) is 0.269. The number of aryl methyl sites for hydroxylation is 1. The standard InChI is InChI=1S/C24H19ClN2OS/c1-17-6-8-19(9-7-17)16-29-24-26-21-4-2-3-5-22(21)27(24)23(28)15-12-18-10-13-20(25)14-11-18/h2-15H,16H2,1H3/b15-12+. The van der Waals surface area contributed by atoms with E-state index >= 15 is 0 Å². The van der Waals surface area contributed by atoms with Crippen molar-refractivity contribution in [2.24, 2.45) is 0 Å². The van der Waals surface area contributed by atoms with Crippen molar-refractivity contribution in [1.82, 2.24) is 9.55 Å². The highest BCUT2D eigenvalue weighted by Crippen LogP contribution is 2.27. The van der Waals surface area contributed by atoms with Gasteiger partial charge in [0, 0.05) is 16.9 Å². The Morgan fingerprint density at radius 3 is 2.52 bits per heavy atom. The molecule has 4 rings (SSSR count). The first-order valence-corrected chi connectivity index (χ1v) is 10.6. The van der Waals surface area contributed by atoms with Gasteiger partial charge in [-0.25, -0.2) is 4.98 Å². The minimum Gasteiger partial charge on any atom is -0.269 e. The molecule has 0 aliphatic heterocycles. The average molecular weight is 419 g/mol. The van der Waals surface area contributed by atoms with Gasteiger partial charge in [-0.2, -0.15) is 0 Å². The highest BCUT2D eigenvalue weighted by molar-refractivity contribution is 7.98. The maximum Gasteiger partial charge on any atom is 0.257 e. The van der Waals surface area contributed by atoms with E-state index < -0.39 is 0 Å². The van der Waals surface area contributed by atoms with Gasteiger partial charge in [0.1, 0.15) is 0 Å². The fourth-order valence-corrected chi connectivity index (χ4v) is 4.06. The molecule has 0 radical (unpaired) electrons. The Bertz CT molecular complexity index is 1180. The molecule has 0 atom stereocenters. The number of aromatic nitrogens is 2. The van der Waals surface area contributed by atoms with E-state index in [1.165, 1.54) is 11.1 Å². The molecule has 3 nitrogen and oxygen atoms in total. The summed E-state index contributed by atoms with van der Waals surface area (Å²) in [6.45, 7) is 2.07. The minimum atomic E-state index is -0.125. The molecule has 0 amide bonds. The van der Waals surface area contributed by atoms with E-state index in [0.717, 1.165) is 22.3 Å². The predicted octanol–water partition coefficient (Wildman–Crippen LogP) is 6.64. The Labute approximate surface area is 179 Å². The second kappa shape index (κ2) is 8.68. The van der Waals surface area contributed by atoms with Gasteiger partial charge >= 0.3 is 0 Å². The van der Waals surface area contributed by atoms with Crippen LogP contribution in [0.15, 0.2) is 84.0 Å². The molecule has 0 unspecified atom stereocenters. The average Bonchev–Trinajstić information content (AvgIpc) is 3.11. The van der Waals surface area contributed by atoms with Crippen LogP contribution in [0.1, 0.15) is 21.5 Å². The van der Waals surface area contributed by atoms with E-state index in [1.807, 2.05) is 36.4 Å². The van der Waals surface area contributed by atoms with E-state index in [1.54, 1.807) is 40.6 Å². The number of halogens is 1. The summed E-state index contributed by atoms with van der Waals surface area (Å²) in [6, 6.07) is 23.5. The number of thioether (sulfide) groups is 1. The Balaban J connectivity index is 1.62. The van der Waals surface area contributed by atoms with Crippen molar-refractivity contribution in [2.45, 2.75) is 17.8 Å². The van der Waals surface area contributed by atoms with Crippen LogP contribution in [-0.2, 0) is 5.75 Å². The lowest BCUT2D eigenvalue weighted by Crippen LogP contribution is -2.08. The third-order valence-corrected chi connectivity index (χ3v) is 5.79. The molecule has 0 saturated carbocycles. The second-order valence-corrected chi connectivity index (χ2v) is 8.09. The molecule has 144 valence electrons. The van der Waals surface area contributed by atoms with Crippen LogP contribution in [0.3, 0.4) is 0 Å². The van der Waals surface area contributed by atoms with Crippen molar-refractivity contribution in [3.63, 3.8) is 0 Å². The summed E-state index contributed by atoms with van der Waals surface area (Å²) in [6.07, 6.45) is 3.37. The summed E-state index contributed by atoms with van der Waals surface area (Å²) in [5.74, 6) is 0.623. The number of hydrogen-bond acceptors (Lipinski definition) is 3. The number of benzene rings is 3. The zero-order valence-electron chi connectivity index (χ0n) is 15.9. The number of carbonyl (C=O) groups excluding carboxylic acids is 1. The highest BCUT2D eigenvalue weighted by atomic mass is 35.5. The van der Waals surface area contributed by atoms with Crippen LogP contribution in [0.4, 0.5) is 0 Å². The van der Waals surface area contributed by atoms with E-state index in [2.05, 4.69) is 36.2 Å². The van der Waals surface area contributed by atoms with Gasteiger partial charge in [-0.05, 0) is 48.4 Å². The number of allylic oxidation sites excluding steroid dienone is 1. The number of fused-ring (bicyclic) bond motifs is 1. The van der Waals surface area contributed by atoms with Gasteiger partial charge in [-0.3, -0.25) is 9.36 Å². The van der Waals surface area contributed by atoms with Crippen LogP contribution in [0.2, 0.25) is 5.02 Å². The lowest BCUT2D eigenvalue weighted by Gasteiger charge is -2.06. The smallest absolute Gasteiger partial charge is 0.257 e. The first-order chi connectivity index (χ1) is 14.1. The van der Waals surface area contributed by atoms with Crippen LogP contribution in [-0.4, -0.2) is 15.5 Å². The van der Waals surface area contributed by atoms with Gasteiger partial charge in [-0.15, -0.1) is 0 Å². The molecular weight excluding hydrogens is 400 g/mol. The van der Waals surface area contributed by atoms with Gasteiger partial charge in [0.15, 0.2) is 5.16 Å². The van der Waals surface area contributed by atoms with E-state index in [4.69, 9.17) is 11.6 Å². The molecule has 0 aliphatic carbocycles. The first-order valence-electron chi connectivity index (χ1n) is 9.24. The topological polar surface area (TPSA) is 34.9 Å². The summed E-state index contributed by atoms with van der Waals surface area (Å²) >= 11 is 7.49. The van der Waals surface area contributed by atoms with Crippen molar-refractivity contribution in [1.29, 1.82) is 0 Å². The van der Waals surface area contributed by atoms with Crippen molar-refractivity contribution >= 4 is 46.4 Å². The van der Waals surface area contributed by atoms with E-state index in [-0.39, 0.29) is 5.91 Å². The van der Waals surface area contributed by atoms with Crippen molar-refractivity contribution in [2.75, 3.05) is 0 Å². The van der Waals surface area contributed by atoms with E-state index in [9.17, 15) is 4.79 Å². The molecule has 5 heteroatoms. The Kier molecular flexibility index (Phi) is 5.84. The first kappa shape index (κ1) is 19.5. The number of hydrogen-bond donors (Lipinski definition) is 0. The maximum absolute atomic E-state index is 13.0. The van der Waals surface area contributed by atoms with Crippen molar-refractivity contribution in [3.05, 3.63) is 101 Å². The summed E-state index contributed by atoms with van der Waals surface area (Å²) in [5.41, 5.74) is 4.97. The number of carbonyl (C=O) groups is 1. The van der Waals surface area contributed by atoms with Crippen LogP contribution in [0.5, 0.6) is 0 Å². The number of rotatable bonds is 5. The molecule has 0 saturated heterocycles. The molecule has 1 heterocycles. The van der Waals surface area contributed by atoms with Crippen molar-refractivity contribution in [3.8, 4) is 0 Å². The number of imidazole rings is 1. The molecule has 29 heavy (non-hydrogen) atoms. The predicted molar refractivity (Wildman–Crippen MR) is 122 cm³/mol. The zero-order chi connectivity index (χ0) is 20.2. The Morgan fingerprint density at radius 2 is 1.76 bits per heavy atom. The van der Waals surface area contributed by atoms with Crippen LogP contribution in [0.25, 0.3) is 17.1 Å².